The molecule has 0 saturated carbocycles. The standard InChI is InChI=1S/C9H11BrN2O2/c1-5-2-6(10)4-12-9(5)7(11)3-8(13)14/h2,4,7H,3,11H2,1H3,(H,13,14)/t7-/m1/s1. The van der Waals surface area contributed by atoms with E-state index in [1.165, 1.54) is 0 Å². The minimum Gasteiger partial charge on any atom is -0.481 e. The van der Waals surface area contributed by atoms with Crippen LogP contribution >= 0.6 is 15.9 Å². The lowest BCUT2D eigenvalue weighted by molar-refractivity contribution is -0.137. The monoisotopic (exact) mass is 258 g/mol. The summed E-state index contributed by atoms with van der Waals surface area (Å²) < 4.78 is 0.862. The summed E-state index contributed by atoms with van der Waals surface area (Å²) in [6, 6.07) is 1.32. The Morgan fingerprint density at radius 2 is 2.43 bits per heavy atom. The first-order valence-electron chi connectivity index (χ1n) is 4.10. The molecule has 1 aromatic heterocycles. The van der Waals surface area contributed by atoms with Gasteiger partial charge in [-0.25, -0.2) is 0 Å². The Balaban J connectivity index is 2.90. The van der Waals surface area contributed by atoms with Crippen molar-refractivity contribution in [2.24, 2.45) is 5.73 Å². The molecule has 3 N–H and O–H groups in total. The zero-order valence-corrected chi connectivity index (χ0v) is 9.28. The lowest BCUT2D eigenvalue weighted by Crippen LogP contribution is -2.17. The van der Waals surface area contributed by atoms with E-state index < -0.39 is 12.0 Å². The molecule has 5 heteroatoms. The van der Waals surface area contributed by atoms with Crippen molar-refractivity contribution in [2.75, 3.05) is 0 Å². The summed E-state index contributed by atoms with van der Waals surface area (Å²) in [5.74, 6) is -0.915. The third kappa shape index (κ3) is 2.78. The molecule has 14 heavy (non-hydrogen) atoms. The van der Waals surface area contributed by atoms with E-state index >= 15 is 0 Å². The maximum absolute atomic E-state index is 10.4. The normalized spacial score (nSPS) is 12.5. The molecule has 0 saturated heterocycles. The molecule has 0 aromatic carbocycles. The van der Waals surface area contributed by atoms with Crippen molar-refractivity contribution in [1.82, 2.24) is 4.98 Å². The number of nitrogens with two attached hydrogens (primary N) is 1. The van der Waals surface area contributed by atoms with Crippen LogP contribution in [0.4, 0.5) is 0 Å². The van der Waals surface area contributed by atoms with Crippen molar-refractivity contribution in [1.29, 1.82) is 0 Å². The number of halogens is 1. The van der Waals surface area contributed by atoms with Gasteiger partial charge < -0.3 is 10.8 Å². The van der Waals surface area contributed by atoms with Gasteiger partial charge in [0.2, 0.25) is 0 Å². The average molecular weight is 259 g/mol. The molecule has 1 aromatic rings. The number of carbonyl (C=O) groups is 1. The highest BCUT2D eigenvalue weighted by Gasteiger charge is 2.14. The van der Waals surface area contributed by atoms with Crippen molar-refractivity contribution in [3.63, 3.8) is 0 Å². The van der Waals surface area contributed by atoms with Crippen molar-refractivity contribution < 1.29 is 9.90 Å². The van der Waals surface area contributed by atoms with Gasteiger partial charge in [0.15, 0.2) is 0 Å². The number of carboxylic acid groups (broad SMARTS) is 1. The molecule has 0 unspecified atom stereocenters. The molecule has 1 heterocycles. The first-order valence-corrected chi connectivity index (χ1v) is 4.89. The van der Waals surface area contributed by atoms with Crippen molar-refractivity contribution in [3.8, 4) is 0 Å². The van der Waals surface area contributed by atoms with Gasteiger partial charge in [-0.3, -0.25) is 9.78 Å². The molecule has 1 rings (SSSR count). The predicted molar refractivity (Wildman–Crippen MR) is 55.9 cm³/mol. The maximum atomic E-state index is 10.4. The molecule has 0 bridgehead atoms. The fraction of sp³-hybridized carbons (Fsp3) is 0.333. The second-order valence-corrected chi connectivity index (χ2v) is 3.98. The Morgan fingerprint density at radius 1 is 1.79 bits per heavy atom. The average Bonchev–Trinajstić information content (AvgIpc) is 2.01. The molecule has 0 aliphatic carbocycles. The number of rotatable bonds is 3. The van der Waals surface area contributed by atoms with Gasteiger partial charge in [0, 0.05) is 10.7 Å². The van der Waals surface area contributed by atoms with Crippen molar-refractivity contribution in [2.45, 2.75) is 19.4 Å². The smallest absolute Gasteiger partial charge is 0.305 e. The van der Waals surface area contributed by atoms with Gasteiger partial charge in [0.25, 0.3) is 0 Å². The van der Waals surface area contributed by atoms with E-state index in [0.29, 0.717) is 5.69 Å². The van der Waals surface area contributed by atoms with Crippen LogP contribution in [0.25, 0.3) is 0 Å². The fourth-order valence-corrected chi connectivity index (χ4v) is 1.67. The number of aryl methyl sites for hydroxylation is 1. The van der Waals surface area contributed by atoms with E-state index in [9.17, 15) is 4.79 Å². The van der Waals surface area contributed by atoms with Crippen LogP contribution in [-0.4, -0.2) is 16.1 Å². The summed E-state index contributed by atoms with van der Waals surface area (Å²) in [7, 11) is 0. The Labute approximate surface area is 90.3 Å². The third-order valence-corrected chi connectivity index (χ3v) is 2.26. The fourth-order valence-electron chi connectivity index (χ4n) is 1.22. The van der Waals surface area contributed by atoms with Gasteiger partial charge >= 0.3 is 5.97 Å². The van der Waals surface area contributed by atoms with Crippen molar-refractivity contribution in [3.05, 3.63) is 28.0 Å². The highest BCUT2D eigenvalue weighted by molar-refractivity contribution is 9.10. The molecule has 4 nitrogen and oxygen atoms in total. The molecular weight excluding hydrogens is 248 g/mol. The lowest BCUT2D eigenvalue weighted by atomic mass is 10.1. The van der Waals surface area contributed by atoms with Gasteiger partial charge in [-0.15, -0.1) is 0 Å². The van der Waals surface area contributed by atoms with E-state index in [2.05, 4.69) is 20.9 Å². The van der Waals surface area contributed by atoms with Crippen LogP contribution < -0.4 is 5.73 Å². The Morgan fingerprint density at radius 3 is 2.93 bits per heavy atom. The van der Waals surface area contributed by atoms with Gasteiger partial charge in [-0.1, -0.05) is 0 Å². The minimum absolute atomic E-state index is 0.102. The van der Waals surface area contributed by atoms with Gasteiger partial charge in [0.05, 0.1) is 18.2 Å². The molecule has 0 aliphatic heterocycles. The summed E-state index contributed by atoms with van der Waals surface area (Å²) in [6.07, 6.45) is 1.51. The second kappa shape index (κ2) is 4.52. The Hall–Kier alpha value is -0.940. The number of aromatic nitrogens is 1. The lowest BCUT2D eigenvalue weighted by Gasteiger charge is -2.11. The molecule has 0 spiro atoms. The number of carboxylic acids is 1. The van der Waals surface area contributed by atoms with Crippen LogP contribution in [0.1, 0.15) is 23.7 Å². The van der Waals surface area contributed by atoms with E-state index in [-0.39, 0.29) is 6.42 Å². The van der Waals surface area contributed by atoms with E-state index in [4.69, 9.17) is 10.8 Å². The quantitative estimate of drug-likeness (QED) is 0.864. The van der Waals surface area contributed by atoms with Crippen molar-refractivity contribution >= 4 is 21.9 Å². The molecular formula is C9H11BrN2O2. The molecule has 0 amide bonds. The molecule has 0 fully saturated rings. The topological polar surface area (TPSA) is 76.2 Å². The summed E-state index contributed by atoms with van der Waals surface area (Å²) in [4.78, 5) is 14.5. The highest BCUT2D eigenvalue weighted by Crippen LogP contribution is 2.19. The molecule has 0 aliphatic rings. The summed E-state index contributed by atoms with van der Waals surface area (Å²) >= 11 is 3.28. The van der Waals surface area contributed by atoms with E-state index in [0.717, 1.165) is 10.0 Å². The SMILES string of the molecule is Cc1cc(Br)cnc1[C@H](N)CC(=O)O. The van der Waals surface area contributed by atoms with Gasteiger partial charge in [-0.05, 0) is 34.5 Å². The Kier molecular flexibility index (Phi) is 3.60. The van der Waals surface area contributed by atoms with Crippen LogP contribution in [0, 0.1) is 6.92 Å². The predicted octanol–water partition coefficient (Wildman–Crippen LogP) is 1.63. The number of nitrogens with zero attached hydrogens (tertiary/aromatic N) is 1. The van der Waals surface area contributed by atoms with E-state index in [1.54, 1.807) is 6.20 Å². The minimum atomic E-state index is -0.915. The van der Waals surface area contributed by atoms with Crippen LogP contribution in [0.2, 0.25) is 0 Å². The number of hydrogen-bond acceptors (Lipinski definition) is 3. The largest absolute Gasteiger partial charge is 0.481 e. The zero-order valence-electron chi connectivity index (χ0n) is 7.70. The first kappa shape index (κ1) is 11.1. The summed E-state index contributed by atoms with van der Waals surface area (Å²) in [6.45, 7) is 1.86. The zero-order chi connectivity index (χ0) is 10.7. The molecule has 1 atom stereocenters. The number of hydrogen-bond donors (Lipinski definition) is 2. The van der Waals surface area contributed by atoms with Crippen LogP contribution in [0.5, 0.6) is 0 Å². The van der Waals surface area contributed by atoms with Crippen LogP contribution in [0.15, 0.2) is 16.7 Å². The number of aliphatic carboxylic acids is 1. The van der Waals surface area contributed by atoms with Crippen LogP contribution in [-0.2, 0) is 4.79 Å². The van der Waals surface area contributed by atoms with E-state index in [1.807, 2.05) is 13.0 Å². The third-order valence-electron chi connectivity index (χ3n) is 1.83. The summed E-state index contributed by atoms with van der Waals surface area (Å²) in [5, 5.41) is 8.57. The second-order valence-electron chi connectivity index (χ2n) is 3.06. The Bertz CT molecular complexity index is 355. The first-order chi connectivity index (χ1) is 6.50. The maximum Gasteiger partial charge on any atom is 0.305 e. The number of pyridine rings is 1. The van der Waals surface area contributed by atoms with Crippen LogP contribution in [0.3, 0.4) is 0 Å². The molecule has 76 valence electrons. The van der Waals surface area contributed by atoms with Gasteiger partial charge in [0.1, 0.15) is 0 Å². The molecule has 0 radical (unpaired) electrons. The highest BCUT2D eigenvalue weighted by atomic mass is 79.9. The summed E-state index contributed by atoms with van der Waals surface area (Å²) in [5.41, 5.74) is 7.22. The van der Waals surface area contributed by atoms with Gasteiger partial charge in [-0.2, -0.15) is 0 Å².